The molecule has 0 saturated carbocycles. The molecule has 0 aliphatic rings. The standard InChI is InChI=1S/C19H23NO/c1-4-20(18-11-7-16(3)8-12-18)14-13-19(21)17-9-5-15(2)6-10-17/h5-12H,4,13-14H2,1-3H3. The van der Waals surface area contributed by atoms with Crippen LogP contribution in [0.1, 0.15) is 34.8 Å². The predicted octanol–water partition coefficient (Wildman–Crippen LogP) is 4.40. The van der Waals surface area contributed by atoms with Crippen LogP contribution >= 0.6 is 0 Å². The number of carbonyl (C=O) groups excluding carboxylic acids is 1. The molecule has 2 rings (SSSR count). The van der Waals surface area contributed by atoms with Crippen molar-refractivity contribution >= 4 is 11.5 Å². The maximum absolute atomic E-state index is 12.2. The van der Waals surface area contributed by atoms with Gasteiger partial charge in [0.2, 0.25) is 0 Å². The third-order valence-electron chi connectivity index (χ3n) is 3.76. The Kier molecular flexibility index (Phi) is 5.15. The van der Waals surface area contributed by atoms with Crippen molar-refractivity contribution in [3.63, 3.8) is 0 Å². The quantitative estimate of drug-likeness (QED) is 0.731. The fraction of sp³-hybridized carbons (Fsp3) is 0.316. The molecule has 0 radical (unpaired) electrons. The fourth-order valence-corrected chi connectivity index (χ4v) is 2.35. The van der Waals surface area contributed by atoms with Crippen LogP contribution in [-0.4, -0.2) is 18.9 Å². The molecule has 0 saturated heterocycles. The summed E-state index contributed by atoms with van der Waals surface area (Å²) in [6.45, 7) is 7.90. The van der Waals surface area contributed by atoms with Gasteiger partial charge in [0.15, 0.2) is 5.78 Å². The van der Waals surface area contributed by atoms with Gasteiger partial charge in [0.1, 0.15) is 0 Å². The van der Waals surface area contributed by atoms with E-state index in [0.717, 1.165) is 18.7 Å². The minimum absolute atomic E-state index is 0.209. The lowest BCUT2D eigenvalue weighted by Crippen LogP contribution is -2.25. The van der Waals surface area contributed by atoms with E-state index in [1.807, 2.05) is 31.2 Å². The highest BCUT2D eigenvalue weighted by Crippen LogP contribution is 2.16. The number of anilines is 1. The van der Waals surface area contributed by atoms with E-state index in [4.69, 9.17) is 0 Å². The van der Waals surface area contributed by atoms with Gasteiger partial charge >= 0.3 is 0 Å². The first kappa shape index (κ1) is 15.3. The zero-order valence-corrected chi connectivity index (χ0v) is 13.1. The molecule has 0 spiro atoms. The second-order valence-corrected chi connectivity index (χ2v) is 5.45. The van der Waals surface area contributed by atoms with Gasteiger partial charge in [-0.05, 0) is 32.9 Å². The van der Waals surface area contributed by atoms with Crippen molar-refractivity contribution in [3.8, 4) is 0 Å². The molecule has 2 heteroatoms. The number of hydrogen-bond donors (Lipinski definition) is 0. The molecule has 0 aliphatic heterocycles. The Bertz CT molecular complexity index is 584. The third-order valence-corrected chi connectivity index (χ3v) is 3.76. The number of aryl methyl sites for hydroxylation is 2. The molecule has 21 heavy (non-hydrogen) atoms. The van der Waals surface area contributed by atoms with Gasteiger partial charge in [-0.15, -0.1) is 0 Å². The minimum atomic E-state index is 0.209. The van der Waals surface area contributed by atoms with E-state index in [2.05, 4.69) is 43.0 Å². The second kappa shape index (κ2) is 7.07. The summed E-state index contributed by atoms with van der Waals surface area (Å²) in [5.74, 6) is 0.209. The average molecular weight is 281 g/mol. The lowest BCUT2D eigenvalue weighted by molar-refractivity contribution is 0.0984. The van der Waals surface area contributed by atoms with Crippen LogP contribution in [0, 0.1) is 13.8 Å². The fourth-order valence-electron chi connectivity index (χ4n) is 2.35. The zero-order valence-electron chi connectivity index (χ0n) is 13.1. The SMILES string of the molecule is CCN(CCC(=O)c1ccc(C)cc1)c1ccc(C)cc1. The van der Waals surface area contributed by atoms with Gasteiger partial charge in [-0.1, -0.05) is 47.5 Å². The number of Topliss-reactive ketones (excluding diaryl/α,β-unsaturated/α-hetero) is 1. The van der Waals surface area contributed by atoms with E-state index in [0.29, 0.717) is 6.42 Å². The summed E-state index contributed by atoms with van der Waals surface area (Å²) >= 11 is 0. The molecule has 0 bridgehead atoms. The molecule has 2 nitrogen and oxygen atoms in total. The molecule has 0 amide bonds. The van der Waals surface area contributed by atoms with Crippen LogP contribution in [0.4, 0.5) is 5.69 Å². The van der Waals surface area contributed by atoms with Crippen molar-refractivity contribution in [3.05, 3.63) is 65.2 Å². The van der Waals surface area contributed by atoms with E-state index in [9.17, 15) is 4.79 Å². The first-order chi connectivity index (χ1) is 10.1. The first-order valence-corrected chi connectivity index (χ1v) is 7.51. The molecular formula is C19H23NO. The van der Waals surface area contributed by atoms with E-state index in [-0.39, 0.29) is 5.78 Å². The van der Waals surface area contributed by atoms with Crippen LogP contribution in [0.3, 0.4) is 0 Å². The Labute approximate surface area is 127 Å². The van der Waals surface area contributed by atoms with Crippen molar-refractivity contribution in [2.45, 2.75) is 27.2 Å². The number of carbonyl (C=O) groups is 1. The van der Waals surface area contributed by atoms with Crippen LogP contribution in [0.25, 0.3) is 0 Å². The van der Waals surface area contributed by atoms with Crippen molar-refractivity contribution < 1.29 is 4.79 Å². The van der Waals surface area contributed by atoms with Gasteiger partial charge in [-0.2, -0.15) is 0 Å². The van der Waals surface area contributed by atoms with E-state index in [1.165, 1.54) is 16.8 Å². The van der Waals surface area contributed by atoms with Crippen LogP contribution in [0.2, 0.25) is 0 Å². The molecule has 0 heterocycles. The van der Waals surface area contributed by atoms with Gasteiger partial charge in [-0.25, -0.2) is 0 Å². The normalized spacial score (nSPS) is 10.4. The highest BCUT2D eigenvalue weighted by atomic mass is 16.1. The molecule has 0 fully saturated rings. The molecule has 2 aromatic carbocycles. The molecule has 0 aliphatic carbocycles. The van der Waals surface area contributed by atoms with Gasteiger partial charge in [-0.3, -0.25) is 4.79 Å². The Morgan fingerprint density at radius 3 is 1.95 bits per heavy atom. The summed E-state index contributed by atoms with van der Waals surface area (Å²) in [5, 5.41) is 0. The number of rotatable bonds is 6. The van der Waals surface area contributed by atoms with Gasteiger partial charge in [0, 0.05) is 30.8 Å². The number of ketones is 1. The number of nitrogens with zero attached hydrogens (tertiary/aromatic N) is 1. The number of hydrogen-bond acceptors (Lipinski definition) is 2. The maximum Gasteiger partial charge on any atom is 0.164 e. The smallest absolute Gasteiger partial charge is 0.164 e. The summed E-state index contributed by atoms with van der Waals surface area (Å²) in [5.41, 5.74) is 4.42. The molecule has 0 atom stereocenters. The topological polar surface area (TPSA) is 20.3 Å². The zero-order chi connectivity index (χ0) is 15.2. The monoisotopic (exact) mass is 281 g/mol. The summed E-state index contributed by atoms with van der Waals surface area (Å²) < 4.78 is 0. The molecule has 2 aromatic rings. The van der Waals surface area contributed by atoms with Gasteiger partial charge < -0.3 is 4.90 Å². The molecular weight excluding hydrogens is 258 g/mol. The Balaban J connectivity index is 1.98. The molecule has 0 N–H and O–H groups in total. The Hall–Kier alpha value is -2.09. The second-order valence-electron chi connectivity index (χ2n) is 5.45. The van der Waals surface area contributed by atoms with Crippen LogP contribution in [-0.2, 0) is 0 Å². The largest absolute Gasteiger partial charge is 0.371 e. The van der Waals surface area contributed by atoms with Gasteiger partial charge in [0.05, 0.1) is 0 Å². The van der Waals surface area contributed by atoms with E-state index in [1.54, 1.807) is 0 Å². The summed E-state index contributed by atoms with van der Waals surface area (Å²) in [6, 6.07) is 16.3. The number of benzene rings is 2. The molecule has 0 unspecified atom stereocenters. The van der Waals surface area contributed by atoms with Crippen molar-refractivity contribution in [1.82, 2.24) is 0 Å². The molecule has 110 valence electrons. The minimum Gasteiger partial charge on any atom is -0.371 e. The predicted molar refractivity (Wildman–Crippen MR) is 89.2 cm³/mol. The lowest BCUT2D eigenvalue weighted by atomic mass is 10.1. The van der Waals surface area contributed by atoms with Crippen LogP contribution < -0.4 is 4.90 Å². The summed E-state index contributed by atoms with van der Waals surface area (Å²) in [6.07, 6.45) is 0.546. The highest BCUT2D eigenvalue weighted by Gasteiger charge is 2.09. The molecule has 0 aromatic heterocycles. The Morgan fingerprint density at radius 1 is 0.905 bits per heavy atom. The van der Waals surface area contributed by atoms with Gasteiger partial charge in [0.25, 0.3) is 0 Å². The van der Waals surface area contributed by atoms with Crippen molar-refractivity contribution in [1.29, 1.82) is 0 Å². The van der Waals surface area contributed by atoms with E-state index >= 15 is 0 Å². The average Bonchev–Trinajstić information content (AvgIpc) is 2.50. The summed E-state index contributed by atoms with van der Waals surface area (Å²) in [7, 11) is 0. The van der Waals surface area contributed by atoms with E-state index < -0.39 is 0 Å². The lowest BCUT2D eigenvalue weighted by Gasteiger charge is -2.23. The van der Waals surface area contributed by atoms with Crippen LogP contribution in [0.5, 0.6) is 0 Å². The highest BCUT2D eigenvalue weighted by molar-refractivity contribution is 5.96. The van der Waals surface area contributed by atoms with Crippen molar-refractivity contribution in [2.75, 3.05) is 18.0 Å². The Morgan fingerprint density at radius 2 is 1.43 bits per heavy atom. The third kappa shape index (κ3) is 4.19. The maximum atomic E-state index is 12.2. The van der Waals surface area contributed by atoms with Crippen molar-refractivity contribution in [2.24, 2.45) is 0 Å². The summed E-state index contributed by atoms with van der Waals surface area (Å²) in [4.78, 5) is 14.5. The van der Waals surface area contributed by atoms with Crippen LogP contribution in [0.15, 0.2) is 48.5 Å². The first-order valence-electron chi connectivity index (χ1n) is 7.51.